The molecule has 0 bridgehead atoms. The van der Waals surface area contributed by atoms with E-state index in [0.717, 1.165) is 16.9 Å². The van der Waals surface area contributed by atoms with Crippen LogP contribution in [0.2, 0.25) is 0 Å². The molecule has 2 heterocycles. The number of Topliss-reactive ketones (excluding diaryl/α,β-unsaturated/α-hetero) is 1. The molecule has 4 aromatic rings. The molecule has 1 aliphatic carbocycles. The second-order valence-electron chi connectivity index (χ2n) is 9.73. The molecule has 1 unspecified atom stereocenters. The second-order valence-corrected chi connectivity index (χ2v) is 9.73. The maximum Gasteiger partial charge on any atom is 0.161 e. The Hall–Kier alpha value is -5.16. The summed E-state index contributed by atoms with van der Waals surface area (Å²) in [4.78, 5) is 15.4. The predicted octanol–water partition coefficient (Wildman–Crippen LogP) is 5.99. The van der Waals surface area contributed by atoms with Crippen molar-refractivity contribution in [2.75, 3.05) is 12.0 Å². The number of nitrogens with two attached hydrogens (primary N) is 1. The third-order valence-electron chi connectivity index (χ3n) is 7.44. The van der Waals surface area contributed by atoms with Gasteiger partial charge in [-0.3, -0.25) is 9.69 Å². The number of ketones is 1. The molecule has 0 fully saturated rings. The number of carbonyl (C=O) groups is 1. The van der Waals surface area contributed by atoms with Gasteiger partial charge in [0.25, 0.3) is 0 Å². The normalized spacial score (nSPS) is 17.1. The summed E-state index contributed by atoms with van der Waals surface area (Å²) in [6.07, 6.45) is 3.51. The van der Waals surface area contributed by atoms with Crippen LogP contribution in [0.5, 0.6) is 5.75 Å². The van der Waals surface area contributed by atoms with Gasteiger partial charge in [-0.2, -0.15) is 10.4 Å². The van der Waals surface area contributed by atoms with Crippen LogP contribution in [0.25, 0.3) is 16.9 Å². The zero-order valence-electron chi connectivity index (χ0n) is 21.8. The fraction of sp³-hybridized carbons (Fsp3) is 0.156. The first-order chi connectivity index (χ1) is 19.5. The molecule has 0 saturated carbocycles. The number of benzene rings is 3. The average molecular weight is 532 g/mol. The number of allylic oxidation sites excluding steroid dienone is 3. The van der Waals surface area contributed by atoms with E-state index in [9.17, 15) is 14.4 Å². The van der Waals surface area contributed by atoms with Crippen LogP contribution >= 0.6 is 0 Å². The van der Waals surface area contributed by atoms with Crippen molar-refractivity contribution in [2.45, 2.75) is 25.2 Å². The Morgan fingerprint density at radius 1 is 1.00 bits per heavy atom. The third kappa shape index (κ3) is 4.22. The molecular formula is C32H26FN5O2. The first kappa shape index (κ1) is 25.1. The maximum atomic E-state index is 13.8. The number of nitriles is 1. The van der Waals surface area contributed by atoms with Gasteiger partial charge >= 0.3 is 0 Å². The Morgan fingerprint density at radius 3 is 2.40 bits per heavy atom. The van der Waals surface area contributed by atoms with E-state index in [1.165, 1.54) is 12.1 Å². The summed E-state index contributed by atoms with van der Waals surface area (Å²) in [5.74, 6) is -0.200. The summed E-state index contributed by atoms with van der Waals surface area (Å²) in [5.41, 5.74) is 11.8. The largest absolute Gasteiger partial charge is 0.497 e. The Bertz CT molecular complexity index is 1700. The smallest absolute Gasteiger partial charge is 0.161 e. The SMILES string of the molecule is COc1ccc(-c2nn(-c3ccccc3)cc2C2C(C#N)=C(N)N(c3ccc(F)cc3)C3=C2C(=O)CCC3)cc1. The molecule has 1 atom stereocenters. The van der Waals surface area contributed by atoms with E-state index in [0.29, 0.717) is 47.5 Å². The lowest BCUT2D eigenvalue weighted by Gasteiger charge is -2.39. The molecule has 2 N–H and O–H groups in total. The number of ether oxygens (including phenoxy) is 1. The first-order valence-electron chi connectivity index (χ1n) is 13.0. The number of rotatable bonds is 5. The Morgan fingerprint density at radius 2 is 1.73 bits per heavy atom. The van der Waals surface area contributed by atoms with Crippen LogP contribution < -0.4 is 15.4 Å². The number of nitrogens with zero attached hydrogens (tertiary/aromatic N) is 4. The number of carbonyl (C=O) groups excluding carboxylic acids is 1. The van der Waals surface area contributed by atoms with E-state index in [1.54, 1.807) is 28.8 Å². The molecule has 198 valence electrons. The summed E-state index contributed by atoms with van der Waals surface area (Å²) >= 11 is 0. The number of halogens is 1. The minimum atomic E-state index is -0.709. The van der Waals surface area contributed by atoms with Crippen molar-refractivity contribution >= 4 is 11.5 Å². The lowest BCUT2D eigenvalue weighted by Crippen LogP contribution is -2.38. The second kappa shape index (κ2) is 10.2. The summed E-state index contributed by atoms with van der Waals surface area (Å²) in [6, 6.07) is 25.4. The van der Waals surface area contributed by atoms with Gasteiger partial charge < -0.3 is 10.5 Å². The number of hydrogen-bond donors (Lipinski definition) is 1. The van der Waals surface area contributed by atoms with Crippen molar-refractivity contribution in [1.82, 2.24) is 9.78 Å². The van der Waals surface area contributed by atoms with Crippen LogP contribution in [0.4, 0.5) is 10.1 Å². The van der Waals surface area contributed by atoms with Crippen molar-refractivity contribution in [3.8, 4) is 28.8 Å². The number of aromatic nitrogens is 2. The van der Waals surface area contributed by atoms with E-state index in [-0.39, 0.29) is 23.0 Å². The summed E-state index contributed by atoms with van der Waals surface area (Å²) in [6.45, 7) is 0. The molecule has 8 heteroatoms. The number of hydrogen-bond acceptors (Lipinski definition) is 6. The molecule has 0 spiro atoms. The first-order valence-corrected chi connectivity index (χ1v) is 13.0. The van der Waals surface area contributed by atoms with Crippen LogP contribution in [0.1, 0.15) is 30.7 Å². The van der Waals surface area contributed by atoms with Crippen LogP contribution in [0.3, 0.4) is 0 Å². The van der Waals surface area contributed by atoms with Crippen molar-refractivity contribution in [3.63, 3.8) is 0 Å². The minimum absolute atomic E-state index is 0.0354. The van der Waals surface area contributed by atoms with Crippen LogP contribution in [0, 0.1) is 17.1 Å². The third-order valence-corrected chi connectivity index (χ3v) is 7.44. The maximum absolute atomic E-state index is 13.8. The predicted molar refractivity (Wildman–Crippen MR) is 150 cm³/mol. The van der Waals surface area contributed by atoms with E-state index in [1.807, 2.05) is 60.8 Å². The number of para-hydroxylation sites is 1. The average Bonchev–Trinajstić information content (AvgIpc) is 3.43. The van der Waals surface area contributed by atoms with Crippen molar-refractivity contribution in [2.24, 2.45) is 5.73 Å². The zero-order chi connectivity index (χ0) is 27.8. The number of methoxy groups -OCH3 is 1. The number of anilines is 1. The minimum Gasteiger partial charge on any atom is -0.497 e. The van der Waals surface area contributed by atoms with Crippen LogP contribution in [0.15, 0.2) is 108 Å². The van der Waals surface area contributed by atoms with Gasteiger partial charge in [-0.05, 0) is 73.5 Å². The Balaban J connectivity index is 1.60. The lowest BCUT2D eigenvalue weighted by molar-refractivity contribution is -0.116. The standard InChI is InChI=1S/C32H26FN5O2/c1-40-24-16-10-20(11-17-24)31-26(19-37(36-31)22-6-3-2-4-7-22)29-25(18-34)32(35)38(23-14-12-21(33)13-15-23)27-8-5-9-28(39)30(27)29/h2-4,6-7,10-17,19,29H,5,8-9,35H2,1H3. The molecular weight excluding hydrogens is 505 g/mol. The monoisotopic (exact) mass is 531 g/mol. The van der Waals surface area contributed by atoms with Gasteiger partial charge in [0.2, 0.25) is 0 Å². The molecule has 0 amide bonds. The van der Waals surface area contributed by atoms with Gasteiger partial charge in [0, 0.05) is 40.7 Å². The zero-order valence-corrected chi connectivity index (χ0v) is 21.8. The van der Waals surface area contributed by atoms with E-state index in [4.69, 9.17) is 15.6 Å². The molecule has 1 aromatic heterocycles. The highest BCUT2D eigenvalue weighted by Crippen LogP contribution is 2.48. The quantitative estimate of drug-likeness (QED) is 0.340. The molecule has 7 nitrogen and oxygen atoms in total. The summed E-state index contributed by atoms with van der Waals surface area (Å²) in [5, 5.41) is 15.4. The van der Waals surface area contributed by atoms with E-state index < -0.39 is 5.92 Å². The van der Waals surface area contributed by atoms with Crippen molar-refractivity contribution in [3.05, 3.63) is 119 Å². The fourth-order valence-corrected chi connectivity index (χ4v) is 5.57. The molecule has 40 heavy (non-hydrogen) atoms. The van der Waals surface area contributed by atoms with Crippen LogP contribution in [-0.2, 0) is 4.79 Å². The molecule has 0 saturated heterocycles. The van der Waals surface area contributed by atoms with Gasteiger partial charge in [-0.15, -0.1) is 0 Å². The van der Waals surface area contributed by atoms with Gasteiger partial charge in [0.1, 0.15) is 17.4 Å². The summed E-state index contributed by atoms with van der Waals surface area (Å²) < 4.78 is 20.9. The topological polar surface area (TPSA) is 97.2 Å². The Labute approximate surface area is 231 Å². The van der Waals surface area contributed by atoms with Crippen molar-refractivity contribution < 1.29 is 13.9 Å². The highest BCUT2D eigenvalue weighted by molar-refractivity contribution is 6.01. The van der Waals surface area contributed by atoms with Gasteiger partial charge in [0.15, 0.2) is 5.78 Å². The molecule has 6 rings (SSSR count). The van der Waals surface area contributed by atoms with Gasteiger partial charge in [-0.1, -0.05) is 18.2 Å². The molecule has 3 aromatic carbocycles. The highest BCUT2D eigenvalue weighted by Gasteiger charge is 2.42. The molecule has 2 aliphatic rings. The fourth-order valence-electron chi connectivity index (χ4n) is 5.57. The molecule has 0 radical (unpaired) electrons. The van der Waals surface area contributed by atoms with Gasteiger partial charge in [-0.25, -0.2) is 9.07 Å². The van der Waals surface area contributed by atoms with Gasteiger partial charge in [0.05, 0.1) is 36.1 Å². The van der Waals surface area contributed by atoms with Crippen molar-refractivity contribution in [1.29, 1.82) is 5.26 Å². The van der Waals surface area contributed by atoms with Crippen LogP contribution in [-0.4, -0.2) is 22.7 Å². The molecule has 1 aliphatic heterocycles. The summed E-state index contributed by atoms with van der Waals surface area (Å²) in [7, 11) is 1.61. The van der Waals surface area contributed by atoms with E-state index in [2.05, 4.69) is 6.07 Å². The highest BCUT2D eigenvalue weighted by atomic mass is 19.1. The lowest BCUT2D eigenvalue weighted by atomic mass is 9.75. The van der Waals surface area contributed by atoms with E-state index >= 15 is 0 Å². The Kier molecular flexibility index (Phi) is 6.40.